The largest absolute Gasteiger partial charge is 0.349 e. The minimum absolute atomic E-state index is 0.0371. The SMILES string of the molecule is CN(CCC1(C=O)CCN(CCC(NC(=O)CC2CCCC2)c2ccccc2)CC1)Cc1ccc(Br)cc1. The van der Waals surface area contributed by atoms with E-state index in [9.17, 15) is 9.59 Å². The summed E-state index contributed by atoms with van der Waals surface area (Å²) in [6.07, 6.45) is 10.4. The fraction of sp³-hybridized carbons (Fsp3) is 0.562. The molecular weight excluding hydrogens is 538 g/mol. The van der Waals surface area contributed by atoms with Gasteiger partial charge in [0.25, 0.3) is 0 Å². The Kier molecular flexibility index (Phi) is 11.0. The number of hydrogen-bond acceptors (Lipinski definition) is 4. The quantitative estimate of drug-likeness (QED) is 0.279. The van der Waals surface area contributed by atoms with E-state index in [1.54, 1.807) is 0 Å². The van der Waals surface area contributed by atoms with Gasteiger partial charge in [-0.15, -0.1) is 0 Å². The number of piperidine rings is 1. The van der Waals surface area contributed by atoms with E-state index < -0.39 is 0 Å². The number of aldehydes is 1. The summed E-state index contributed by atoms with van der Waals surface area (Å²) in [5.41, 5.74) is 2.24. The number of amides is 1. The minimum atomic E-state index is -0.223. The molecule has 0 radical (unpaired) electrons. The normalized spacial score (nSPS) is 18.9. The van der Waals surface area contributed by atoms with Gasteiger partial charge in [-0.3, -0.25) is 4.79 Å². The summed E-state index contributed by atoms with van der Waals surface area (Å²) in [4.78, 5) is 29.9. The molecule has 2 fully saturated rings. The Morgan fingerprint density at radius 2 is 1.79 bits per heavy atom. The third-order valence-corrected chi connectivity index (χ3v) is 9.21. The lowest BCUT2D eigenvalue weighted by molar-refractivity contribution is -0.123. The molecule has 1 aliphatic heterocycles. The smallest absolute Gasteiger partial charge is 0.220 e. The standard InChI is InChI=1S/C32H44BrN3O2/c1-35(24-27-11-13-29(33)14-12-27)20-16-32(25-37)17-21-36(22-18-32)19-15-30(28-9-3-2-4-10-28)34-31(38)23-26-7-5-6-8-26/h2-4,9-14,25-26,30H,5-8,15-24H2,1H3,(H,34,38). The molecule has 1 saturated heterocycles. The topological polar surface area (TPSA) is 52.7 Å². The van der Waals surface area contributed by atoms with Crippen molar-refractivity contribution < 1.29 is 9.59 Å². The molecule has 206 valence electrons. The average molecular weight is 583 g/mol. The van der Waals surface area contributed by atoms with Crippen LogP contribution < -0.4 is 5.32 Å². The summed E-state index contributed by atoms with van der Waals surface area (Å²) in [5.74, 6) is 0.746. The third kappa shape index (κ3) is 8.75. The highest BCUT2D eigenvalue weighted by Gasteiger charge is 2.34. The summed E-state index contributed by atoms with van der Waals surface area (Å²) in [5, 5.41) is 3.35. The first-order chi connectivity index (χ1) is 18.4. The number of halogens is 1. The Hall–Kier alpha value is -2.02. The van der Waals surface area contributed by atoms with E-state index in [1.165, 1.54) is 43.1 Å². The van der Waals surface area contributed by atoms with Gasteiger partial charge in [-0.1, -0.05) is 71.2 Å². The molecular formula is C32H44BrN3O2. The maximum Gasteiger partial charge on any atom is 0.220 e. The molecule has 4 rings (SSSR count). The van der Waals surface area contributed by atoms with Gasteiger partial charge in [0, 0.05) is 29.4 Å². The number of carbonyl (C=O) groups excluding carboxylic acids is 2. The van der Waals surface area contributed by atoms with E-state index in [0.717, 1.165) is 62.9 Å². The first-order valence-electron chi connectivity index (χ1n) is 14.4. The Morgan fingerprint density at radius 1 is 1.11 bits per heavy atom. The van der Waals surface area contributed by atoms with Crippen molar-refractivity contribution in [1.29, 1.82) is 0 Å². The summed E-state index contributed by atoms with van der Waals surface area (Å²) < 4.78 is 1.09. The monoisotopic (exact) mass is 581 g/mol. The second kappa shape index (κ2) is 14.4. The number of likely N-dealkylation sites (tertiary alicyclic amines) is 1. The molecule has 1 heterocycles. The van der Waals surface area contributed by atoms with Gasteiger partial charge in [0.2, 0.25) is 5.91 Å². The summed E-state index contributed by atoms with van der Waals surface area (Å²) in [7, 11) is 2.14. The van der Waals surface area contributed by atoms with E-state index in [1.807, 2.05) is 6.07 Å². The molecule has 0 bridgehead atoms. The second-order valence-electron chi connectivity index (χ2n) is 11.6. The second-order valence-corrected chi connectivity index (χ2v) is 12.5. The van der Waals surface area contributed by atoms with Crippen molar-refractivity contribution in [1.82, 2.24) is 15.1 Å². The van der Waals surface area contributed by atoms with Crippen LogP contribution in [0.2, 0.25) is 0 Å². The van der Waals surface area contributed by atoms with Gasteiger partial charge in [0.15, 0.2) is 0 Å². The Balaban J connectivity index is 1.24. The molecule has 1 unspecified atom stereocenters. The molecule has 38 heavy (non-hydrogen) atoms. The predicted octanol–water partition coefficient (Wildman–Crippen LogP) is 6.38. The van der Waals surface area contributed by atoms with Gasteiger partial charge >= 0.3 is 0 Å². The lowest BCUT2D eigenvalue weighted by Crippen LogP contribution is -2.43. The molecule has 1 atom stereocenters. The first-order valence-corrected chi connectivity index (χ1v) is 15.2. The average Bonchev–Trinajstić information content (AvgIpc) is 3.45. The fourth-order valence-electron chi connectivity index (χ4n) is 6.09. The number of benzene rings is 2. The van der Waals surface area contributed by atoms with Crippen LogP contribution in [0.15, 0.2) is 59.1 Å². The van der Waals surface area contributed by atoms with Crippen LogP contribution in [0.3, 0.4) is 0 Å². The third-order valence-electron chi connectivity index (χ3n) is 8.68. The van der Waals surface area contributed by atoms with Crippen molar-refractivity contribution in [3.8, 4) is 0 Å². The van der Waals surface area contributed by atoms with Crippen molar-refractivity contribution in [3.05, 3.63) is 70.2 Å². The molecule has 1 aliphatic carbocycles. The van der Waals surface area contributed by atoms with Gasteiger partial charge in [-0.25, -0.2) is 0 Å². The molecule has 2 aromatic rings. The zero-order valence-corrected chi connectivity index (χ0v) is 24.5. The fourth-order valence-corrected chi connectivity index (χ4v) is 6.36. The zero-order valence-electron chi connectivity index (χ0n) is 22.9. The van der Waals surface area contributed by atoms with Crippen LogP contribution in [-0.2, 0) is 16.1 Å². The van der Waals surface area contributed by atoms with Gasteiger partial charge in [-0.2, -0.15) is 0 Å². The van der Waals surface area contributed by atoms with E-state index in [2.05, 4.69) is 86.6 Å². The molecule has 2 aliphatic rings. The van der Waals surface area contributed by atoms with E-state index in [4.69, 9.17) is 0 Å². The zero-order chi connectivity index (χ0) is 26.8. The van der Waals surface area contributed by atoms with E-state index >= 15 is 0 Å². The lowest BCUT2D eigenvalue weighted by Gasteiger charge is -2.39. The highest BCUT2D eigenvalue weighted by molar-refractivity contribution is 9.10. The van der Waals surface area contributed by atoms with Crippen molar-refractivity contribution >= 4 is 28.1 Å². The molecule has 0 spiro atoms. The Labute approximate surface area is 237 Å². The van der Waals surface area contributed by atoms with Crippen LogP contribution in [0.4, 0.5) is 0 Å². The lowest BCUT2D eigenvalue weighted by atomic mass is 9.77. The van der Waals surface area contributed by atoms with Crippen molar-refractivity contribution in [3.63, 3.8) is 0 Å². The van der Waals surface area contributed by atoms with Crippen molar-refractivity contribution in [2.75, 3.05) is 33.2 Å². The molecule has 0 aromatic heterocycles. The molecule has 6 heteroatoms. The Morgan fingerprint density at radius 3 is 2.45 bits per heavy atom. The van der Waals surface area contributed by atoms with Crippen LogP contribution in [0.1, 0.15) is 75.0 Å². The van der Waals surface area contributed by atoms with Crippen molar-refractivity contribution in [2.24, 2.45) is 11.3 Å². The number of carbonyl (C=O) groups is 2. The van der Waals surface area contributed by atoms with E-state index in [0.29, 0.717) is 12.3 Å². The predicted molar refractivity (Wildman–Crippen MR) is 158 cm³/mol. The van der Waals surface area contributed by atoms with E-state index in [-0.39, 0.29) is 17.4 Å². The van der Waals surface area contributed by atoms with Gasteiger partial charge in [0.1, 0.15) is 6.29 Å². The number of rotatable bonds is 13. The van der Waals surface area contributed by atoms with Gasteiger partial charge in [-0.05, 0) is 94.4 Å². The van der Waals surface area contributed by atoms with Crippen LogP contribution in [0.5, 0.6) is 0 Å². The van der Waals surface area contributed by atoms with Crippen LogP contribution >= 0.6 is 15.9 Å². The summed E-state index contributed by atoms with van der Waals surface area (Å²) in [6, 6.07) is 18.9. The van der Waals surface area contributed by atoms with Crippen LogP contribution in [0.25, 0.3) is 0 Å². The number of nitrogens with zero attached hydrogens (tertiary/aromatic N) is 2. The highest BCUT2D eigenvalue weighted by atomic mass is 79.9. The molecule has 5 nitrogen and oxygen atoms in total. The highest BCUT2D eigenvalue weighted by Crippen LogP contribution is 2.34. The van der Waals surface area contributed by atoms with Crippen LogP contribution in [0, 0.1) is 11.3 Å². The number of hydrogen-bond donors (Lipinski definition) is 1. The van der Waals surface area contributed by atoms with Crippen molar-refractivity contribution in [2.45, 2.75) is 70.4 Å². The van der Waals surface area contributed by atoms with Gasteiger partial charge in [0.05, 0.1) is 6.04 Å². The Bertz CT molecular complexity index is 999. The molecule has 1 saturated carbocycles. The maximum atomic E-state index is 12.8. The maximum absolute atomic E-state index is 12.8. The summed E-state index contributed by atoms with van der Waals surface area (Å²) in [6.45, 7) is 4.61. The molecule has 2 aromatic carbocycles. The summed E-state index contributed by atoms with van der Waals surface area (Å²) >= 11 is 3.50. The minimum Gasteiger partial charge on any atom is -0.349 e. The van der Waals surface area contributed by atoms with Gasteiger partial charge < -0.3 is 19.9 Å². The van der Waals surface area contributed by atoms with Crippen LogP contribution in [-0.4, -0.2) is 55.2 Å². The first kappa shape index (κ1) is 29.0. The molecule has 1 N–H and O–H groups in total. The molecule has 1 amide bonds. The number of nitrogens with one attached hydrogen (secondary N) is 1.